The van der Waals surface area contributed by atoms with E-state index in [0.717, 1.165) is 5.56 Å². The maximum Gasteiger partial charge on any atom is 0.251 e. The Morgan fingerprint density at radius 1 is 1.42 bits per heavy atom. The molecule has 19 heavy (non-hydrogen) atoms. The van der Waals surface area contributed by atoms with Crippen molar-refractivity contribution in [2.75, 3.05) is 17.2 Å². The molecule has 1 atom stereocenters. The van der Waals surface area contributed by atoms with Crippen molar-refractivity contribution in [2.24, 2.45) is 0 Å². The van der Waals surface area contributed by atoms with Gasteiger partial charge in [0.15, 0.2) is 9.84 Å². The van der Waals surface area contributed by atoms with Crippen LogP contribution in [0.25, 0.3) is 0 Å². The number of carbonyl (C=O) groups excluding carboxylic acids is 1. The third kappa shape index (κ3) is 3.26. The Bertz CT molecular complexity index is 596. The molecule has 0 radical (unpaired) electrons. The van der Waals surface area contributed by atoms with Gasteiger partial charge in [0, 0.05) is 17.3 Å². The van der Waals surface area contributed by atoms with E-state index < -0.39 is 9.84 Å². The van der Waals surface area contributed by atoms with Crippen molar-refractivity contribution in [3.63, 3.8) is 0 Å². The van der Waals surface area contributed by atoms with Gasteiger partial charge in [0.2, 0.25) is 0 Å². The van der Waals surface area contributed by atoms with Gasteiger partial charge in [-0.2, -0.15) is 0 Å². The number of rotatable bonds is 2. The van der Waals surface area contributed by atoms with Gasteiger partial charge in [0.05, 0.1) is 11.5 Å². The number of nitrogens with one attached hydrogen (secondary N) is 1. The fourth-order valence-electron chi connectivity index (χ4n) is 2.30. The van der Waals surface area contributed by atoms with Crippen LogP contribution < -0.4 is 11.1 Å². The molecule has 104 valence electrons. The first-order valence-electron chi connectivity index (χ1n) is 6.25. The van der Waals surface area contributed by atoms with Crippen molar-refractivity contribution in [1.29, 1.82) is 0 Å². The molecule has 1 amide bonds. The summed E-state index contributed by atoms with van der Waals surface area (Å²) < 4.78 is 23.1. The molecule has 0 aliphatic carbocycles. The summed E-state index contributed by atoms with van der Waals surface area (Å²) in [6, 6.07) is 4.84. The molecule has 3 N–H and O–H groups in total. The highest BCUT2D eigenvalue weighted by molar-refractivity contribution is 7.91. The number of anilines is 1. The summed E-state index contributed by atoms with van der Waals surface area (Å²) in [4.78, 5) is 12.1. The predicted molar refractivity (Wildman–Crippen MR) is 74.7 cm³/mol. The largest absolute Gasteiger partial charge is 0.398 e. The SMILES string of the molecule is Cc1c(N)cccc1C(=O)NC1CCCS(=O)(=O)C1. The Hall–Kier alpha value is -1.56. The Morgan fingerprint density at radius 2 is 2.16 bits per heavy atom. The molecule has 1 aromatic rings. The molecule has 0 aromatic heterocycles. The summed E-state index contributed by atoms with van der Waals surface area (Å²) in [6.07, 6.45) is 1.30. The molecule has 1 fully saturated rings. The Balaban J connectivity index is 2.11. The zero-order valence-corrected chi connectivity index (χ0v) is 11.7. The van der Waals surface area contributed by atoms with E-state index in [1.165, 1.54) is 0 Å². The average molecular weight is 282 g/mol. The lowest BCUT2D eigenvalue weighted by atomic mass is 10.1. The molecule has 2 rings (SSSR count). The molecule has 1 unspecified atom stereocenters. The first-order valence-corrected chi connectivity index (χ1v) is 8.07. The van der Waals surface area contributed by atoms with Gasteiger partial charge in [0.1, 0.15) is 0 Å². The zero-order valence-electron chi connectivity index (χ0n) is 10.8. The molecule has 1 aliphatic heterocycles. The van der Waals surface area contributed by atoms with E-state index in [9.17, 15) is 13.2 Å². The number of benzene rings is 1. The molecule has 0 spiro atoms. The lowest BCUT2D eigenvalue weighted by Crippen LogP contribution is -2.43. The lowest BCUT2D eigenvalue weighted by molar-refractivity contribution is 0.0937. The lowest BCUT2D eigenvalue weighted by Gasteiger charge is -2.23. The second-order valence-corrected chi connectivity index (χ2v) is 7.18. The van der Waals surface area contributed by atoms with Crippen LogP contribution >= 0.6 is 0 Å². The molecular weight excluding hydrogens is 264 g/mol. The number of nitrogens with two attached hydrogens (primary N) is 1. The van der Waals surface area contributed by atoms with Crippen LogP contribution in [0.4, 0.5) is 5.69 Å². The summed E-state index contributed by atoms with van der Waals surface area (Å²) in [5.41, 5.74) is 7.54. The molecule has 0 saturated carbocycles. The normalized spacial score (nSPS) is 21.8. The van der Waals surface area contributed by atoms with Gasteiger partial charge in [0.25, 0.3) is 5.91 Å². The maximum absolute atomic E-state index is 12.1. The molecular formula is C13H18N2O3S. The van der Waals surface area contributed by atoms with E-state index >= 15 is 0 Å². The van der Waals surface area contributed by atoms with Crippen molar-refractivity contribution < 1.29 is 13.2 Å². The van der Waals surface area contributed by atoms with Crippen molar-refractivity contribution in [3.05, 3.63) is 29.3 Å². The standard InChI is InChI=1S/C13H18N2O3S/c1-9-11(5-2-6-12(9)14)13(16)15-10-4-3-7-19(17,18)8-10/h2,5-6,10H,3-4,7-8,14H2,1H3,(H,15,16). The molecule has 6 heteroatoms. The van der Waals surface area contributed by atoms with Crippen molar-refractivity contribution in [2.45, 2.75) is 25.8 Å². The number of amides is 1. The first kappa shape index (κ1) is 13.9. The van der Waals surface area contributed by atoms with Gasteiger partial charge in [-0.1, -0.05) is 6.07 Å². The van der Waals surface area contributed by atoms with Crippen LogP contribution in [0.2, 0.25) is 0 Å². The van der Waals surface area contributed by atoms with Crippen LogP contribution in [0.3, 0.4) is 0 Å². The van der Waals surface area contributed by atoms with E-state index in [0.29, 0.717) is 24.1 Å². The molecule has 1 aliphatic rings. The summed E-state index contributed by atoms with van der Waals surface area (Å²) in [6.45, 7) is 1.78. The van der Waals surface area contributed by atoms with Crippen molar-refractivity contribution in [1.82, 2.24) is 5.32 Å². The Kier molecular flexibility index (Phi) is 3.80. The van der Waals surface area contributed by atoms with Gasteiger partial charge >= 0.3 is 0 Å². The van der Waals surface area contributed by atoms with Gasteiger partial charge in [-0.15, -0.1) is 0 Å². The van der Waals surface area contributed by atoms with Crippen LogP contribution in [0.15, 0.2) is 18.2 Å². The molecule has 1 saturated heterocycles. The number of carbonyl (C=O) groups is 1. The summed E-state index contributed by atoms with van der Waals surface area (Å²) in [7, 11) is -3.02. The minimum absolute atomic E-state index is 0.0279. The van der Waals surface area contributed by atoms with Gasteiger partial charge in [-0.25, -0.2) is 8.42 Å². The van der Waals surface area contributed by atoms with Gasteiger partial charge in [-0.05, 0) is 37.5 Å². The fourth-order valence-corrected chi connectivity index (χ4v) is 3.94. The van der Waals surface area contributed by atoms with E-state index in [1.54, 1.807) is 25.1 Å². The van der Waals surface area contributed by atoms with Crippen molar-refractivity contribution >= 4 is 21.4 Å². The molecule has 5 nitrogen and oxygen atoms in total. The predicted octanol–water partition coefficient (Wildman–Crippen LogP) is 0.884. The van der Waals surface area contributed by atoms with Crippen LogP contribution in [-0.4, -0.2) is 31.9 Å². The highest BCUT2D eigenvalue weighted by atomic mass is 32.2. The van der Waals surface area contributed by atoms with E-state index in [2.05, 4.69) is 5.32 Å². The fraction of sp³-hybridized carbons (Fsp3) is 0.462. The van der Waals surface area contributed by atoms with Crippen LogP contribution in [0, 0.1) is 6.92 Å². The average Bonchev–Trinajstić information content (AvgIpc) is 2.31. The summed E-state index contributed by atoms with van der Waals surface area (Å²) >= 11 is 0. The topological polar surface area (TPSA) is 89.3 Å². The van der Waals surface area contributed by atoms with Crippen LogP contribution in [-0.2, 0) is 9.84 Å². The van der Waals surface area contributed by atoms with Gasteiger partial charge in [-0.3, -0.25) is 4.79 Å². The number of nitrogen functional groups attached to an aromatic ring is 1. The highest BCUT2D eigenvalue weighted by Crippen LogP contribution is 2.17. The van der Waals surface area contributed by atoms with Crippen molar-refractivity contribution in [3.8, 4) is 0 Å². The second-order valence-electron chi connectivity index (χ2n) is 4.95. The zero-order chi connectivity index (χ0) is 14.0. The van der Waals surface area contributed by atoms with E-state index in [1.807, 2.05) is 0 Å². The molecule has 1 aromatic carbocycles. The number of sulfone groups is 1. The minimum Gasteiger partial charge on any atom is -0.398 e. The summed E-state index contributed by atoms with van der Waals surface area (Å²) in [5, 5.41) is 2.79. The van der Waals surface area contributed by atoms with E-state index in [-0.39, 0.29) is 23.5 Å². The monoisotopic (exact) mass is 282 g/mol. The quantitative estimate of drug-likeness (QED) is 0.788. The van der Waals surface area contributed by atoms with E-state index in [4.69, 9.17) is 5.73 Å². The Labute approximate surface area is 113 Å². The first-order chi connectivity index (χ1) is 8.89. The third-order valence-electron chi connectivity index (χ3n) is 3.42. The van der Waals surface area contributed by atoms with Crippen LogP contribution in [0.5, 0.6) is 0 Å². The second kappa shape index (κ2) is 5.21. The minimum atomic E-state index is -3.02. The van der Waals surface area contributed by atoms with Gasteiger partial charge < -0.3 is 11.1 Å². The summed E-state index contributed by atoms with van der Waals surface area (Å²) in [5.74, 6) is -0.0107. The number of hydrogen-bond acceptors (Lipinski definition) is 4. The molecule has 1 heterocycles. The smallest absolute Gasteiger partial charge is 0.251 e. The van der Waals surface area contributed by atoms with Crippen LogP contribution in [0.1, 0.15) is 28.8 Å². The Morgan fingerprint density at radius 3 is 2.84 bits per heavy atom. The number of hydrogen-bond donors (Lipinski definition) is 2. The molecule has 0 bridgehead atoms. The third-order valence-corrected chi connectivity index (χ3v) is 5.24. The maximum atomic E-state index is 12.1. The highest BCUT2D eigenvalue weighted by Gasteiger charge is 2.26.